The highest BCUT2D eigenvalue weighted by Crippen LogP contribution is 2.31. The molecule has 1 aliphatic rings. The van der Waals surface area contributed by atoms with Crippen molar-refractivity contribution in [1.29, 1.82) is 0 Å². The molecule has 0 saturated carbocycles. The van der Waals surface area contributed by atoms with Gasteiger partial charge in [0.15, 0.2) is 11.0 Å². The normalized spacial score (nSPS) is 19.3. The lowest BCUT2D eigenvalue weighted by atomic mass is 9.87. The van der Waals surface area contributed by atoms with E-state index in [4.69, 9.17) is 0 Å². The smallest absolute Gasteiger partial charge is 0.196 e. The number of hydrogen-bond acceptors (Lipinski definition) is 3. The van der Waals surface area contributed by atoms with Gasteiger partial charge < -0.3 is 4.90 Å². The minimum atomic E-state index is 0.132. The largest absolute Gasteiger partial charge is 0.335 e. The monoisotopic (exact) mass is 513 g/mol. The number of thioether (sulfide) groups is 1. The van der Waals surface area contributed by atoms with Gasteiger partial charge in [-0.15, -0.1) is 10.2 Å². The second-order valence-electron chi connectivity index (χ2n) is 9.87. The predicted molar refractivity (Wildman–Crippen MR) is 138 cm³/mol. The van der Waals surface area contributed by atoms with E-state index in [-0.39, 0.29) is 5.41 Å². The van der Waals surface area contributed by atoms with Gasteiger partial charge in [0.2, 0.25) is 0 Å². The van der Waals surface area contributed by atoms with Crippen LogP contribution in [0.4, 0.5) is 0 Å². The van der Waals surface area contributed by atoms with Crippen LogP contribution in [0.25, 0.3) is 17.1 Å². The van der Waals surface area contributed by atoms with Gasteiger partial charge in [0, 0.05) is 27.9 Å². The second-order valence-corrected chi connectivity index (χ2v) is 11.8. The summed E-state index contributed by atoms with van der Waals surface area (Å²) in [7, 11) is 2.35. The molecule has 4 rings (SSSR count). The number of halogens is 1. The number of aromatic nitrogens is 3. The average molecular weight is 515 g/mol. The summed E-state index contributed by atoms with van der Waals surface area (Å²) < 4.78 is 3.28. The van der Waals surface area contributed by atoms with Crippen molar-refractivity contribution in [1.82, 2.24) is 14.8 Å². The van der Waals surface area contributed by atoms with Crippen LogP contribution in [0.2, 0.25) is 0 Å². The molecule has 0 spiro atoms. The highest BCUT2D eigenvalue weighted by Gasteiger charge is 2.23. The Hall–Kier alpha value is -1.63. The maximum Gasteiger partial charge on any atom is 0.196 e. The molecule has 1 fully saturated rings. The molecule has 1 N–H and O–H groups in total. The molecular weight excluding hydrogens is 480 g/mol. The number of nitrogens with zero attached hydrogens (tertiary/aromatic N) is 3. The van der Waals surface area contributed by atoms with Crippen LogP contribution in [0.3, 0.4) is 0 Å². The van der Waals surface area contributed by atoms with Crippen molar-refractivity contribution in [3.63, 3.8) is 0 Å². The summed E-state index contributed by atoms with van der Waals surface area (Å²) in [6, 6.07) is 18.0. The van der Waals surface area contributed by atoms with Gasteiger partial charge in [0.1, 0.15) is 0 Å². The summed E-state index contributed by atoms with van der Waals surface area (Å²) in [5.41, 5.74) is 3.64. The minimum Gasteiger partial charge on any atom is -0.335 e. The molecule has 3 aromatic rings. The van der Waals surface area contributed by atoms with Gasteiger partial charge in [0.05, 0.1) is 19.6 Å². The highest BCUT2D eigenvalue weighted by atomic mass is 79.9. The van der Waals surface area contributed by atoms with Crippen molar-refractivity contribution in [2.24, 2.45) is 0 Å². The first kappa shape index (κ1) is 23.5. The number of piperidine rings is 1. The van der Waals surface area contributed by atoms with Gasteiger partial charge >= 0.3 is 0 Å². The lowest BCUT2D eigenvalue weighted by Gasteiger charge is -2.29. The molecule has 4 nitrogen and oxygen atoms in total. The molecule has 1 aliphatic heterocycles. The fourth-order valence-corrected chi connectivity index (χ4v) is 5.69. The van der Waals surface area contributed by atoms with E-state index in [0.717, 1.165) is 38.5 Å². The van der Waals surface area contributed by atoms with Gasteiger partial charge in [-0.1, -0.05) is 72.7 Å². The zero-order valence-corrected chi connectivity index (χ0v) is 22.0. The molecule has 0 radical (unpaired) electrons. The Morgan fingerprint density at radius 3 is 2.41 bits per heavy atom. The number of benzene rings is 2. The minimum absolute atomic E-state index is 0.132. The molecule has 2 heterocycles. The van der Waals surface area contributed by atoms with E-state index in [0.29, 0.717) is 0 Å². The fourth-order valence-electron chi connectivity index (χ4n) is 4.42. The molecule has 1 unspecified atom stereocenters. The van der Waals surface area contributed by atoms with Crippen LogP contribution < -0.4 is 4.90 Å². The molecule has 0 bridgehead atoms. The van der Waals surface area contributed by atoms with Gasteiger partial charge in [-0.3, -0.25) is 4.57 Å². The van der Waals surface area contributed by atoms with Crippen LogP contribution in [0.1, 0.15) is 52.0 Å². The van der Waals surface area contributed by atoms with E-state index < -0.39 is 0 Å². The average Bonchev–Trinajstić information content (AvgIpc) is 3.19. The zero-order valence-electron chi connectivity index (χ0n) is 19.6. The highest BCUT2D eigenvalue weighted by molar-refractivity contribution is 9.10. The number of quaternary nitrogens is 1. The third kappa shape index (κ3) is 5.46. The second kappa shape index (κ2) is 10.1. The maximum atomic E-state index is 4.63. The third-order valence-corrected chi connectivity index (χ3v) is 7.99. The first-order chi connectivity index (χ1) is 15.3. The van der Waals surface area contributed by atoms with Crippen molar-refractivity contribution in [3.05, 3.63) is 58.6 Å². The van der Waals surface area contributed by atoms with E-state index in [2.05, 4.69) is 107 Å². The van der Waals surface area contributed by atoms with Crippen LogP contribution in [0, 0.1) is 0 Å². The standard InChI is InChI=1S/C26H33BrN4S/c1-26(2,3)20-10-8-19(9-11-20)24-28-29-25(31(24)23-14-12-21(27)13-15-23)32-18-16-22-7-5-6-17-30(22)4/h8-15,22H,5-7,16-18H2,1-4H3/p+1/t22-/m0/s1. The molecule has 0 amide bonds. The molecule has 32 heavy (non-hydrogen) atoms. The summed E-state index contributed by atoms with van der Waals surface area (Å²) in [6.45, 7) is 8.03. The van der Waals surface area contributed by atoms with Crippen LogP contribution in [0.5, 0.6) is 0 Å². The Labute approximate surface area is 204 Å². The van der Waals surface area contributed by atoms with Crippen molar-refractivity contribution >= 4 is 27.7 Å². The van der Waals surface area contributed by atoms with Crippen LogP contribution >= 0.6 is 27.7 Å². The number of nitrogens with one attached hydrogen (secondary N) is 1. The molecule has 0 aliphatic carbocycles. The van der Waals surface area contributed by atoms with E-state index in [9.17, 15) is 0 Å². The molecule has 170 valence electrons. The van der Waals surface area contributed by atoms with Gasteiger partial charge in [-0.05, 0) is 54.5 Å². The molecule has 2 atom stereocenters. The topological polar surface area (TPSA) is 35.2 Å². The molecule has 1 aromatic heterocycles. The van der Waals surface area contributed by atoms with Crippen molar-refractivity contribution < 1.29 is 4.90 Å². The van der Waals surface area contributed by atoms with Crippen LogP contribution in [-0.4, -0.2) is 40.2 Å². The SMILES string of the molecule is C[NH+]1CCCC[C@H]1CCSc1nnc(-c2ccc(C(C)(C)C)cc2)n1-c1ccc(Br)cc1. The number of rotatable bonds is 6. The Morgan fingerprint density at radius 2 is 1.75 bits per heavy atom. The van der Waals surface area contributed by atoms with Gasteiger partial charge in [-0.25, -0.2) is 0 Å². The summed E-state index contributed by atoms with van der Waals surface area (Å²) in [5, 5.41) is 10.2. The lowest BCUT2D eigenvalue weighted by Crippen LogP contribution is -3.13. The van der Waals surface area contributed by atoms with E-state index in [1.807, 2.05) is 11.8 Å². The summed E-state index contributed by atoms with van der Waals surface area (Å²) >= 11 is 5.39. The lowest BCUT2D eigenvalue weighted by molar-refractivity contribution is -0.911. The fraction of sp³-hybridized carbons (Fsp3) is 0.462. The Morgan fingerprint density at radius 1 is 1.03 bits per heavy atom. The number of likely N-dealkylation sites (tertiary alicyclic amines) is 1. The Bertz CT molecular complexity index is 1020. The number of hydrogen-bond donors (Lipinski definition) is 1. The molecule has 2 aromatic carbocycles. The van der Waals surface area contributed by atoms with E-state index in [1.165, 1.54) is 37.8 Å². The predicted octanol–water partition coefficient (Wildman–Crippen LogP) is 5.54. The summed E-state index contributed by atoms with van der Waals surface area (Å²) in [5.74, 6) is 1.97. The Balaban J connectivity index is 1.61. The van der Waals surface area contributed by atoms with E-state index >= 15 is 0 Å². The summed E-state index contributed by atoms with van der Waals surface area (Å²) in [6.07, 6.45) is 5.30. The van der Waals surface area contributed by atoms with Gasteiger partial charge in [-0.2, -0.15) is 0 Å². The van der Waals surface area contributed by atoms with Crippen LogP contribution in [0.15, 0.2) is 58.2 Å². The molecular formula is C26H34BrN4S+. The zero-order chi connectivity index (χ0) is 22.7. The van der Waals surface area contributed by atoms with Gasteiger partial charge in [0.25, 0.3) is 0 Å². The molecule has 1 saturated heterocycles. The summed E-state index contributed by atoms with van der Waals surface area (Å²) in [4.78, 5) is 1.69. The quantitative estimate of drug-likeness (QED) is 0.439. The van der Waals surface area contributed by atoms with E-state index in [1.54, 1.807) is 4.90 Å². The first-order valence-corrected chi connectivity index (χ1v) is 13.4. The third-order valence-electron chi connectivity index (χ3n) is 6.50. The Kier molecular flexibility index (Phi) is 7.43. The maximum absolute atomic E-state index is 4.63. The van der Waals surface area contributed by atoms with Crippen molar-refractivity contribution in [2.75, 3.05) is 19.3 Å². The molecule has 6 heteroatoms. The van der Waals surface area contributed by atoms with Crippen LogP contribution in [-0.2, 0) is 5.41 Å². The first-order valence-electron chi connectivity index (χ1n) is 11.6. The van der Waals surface area contributed by atoms with Crippen molar-refractivity contribution in [2.45, 2.75) is 63.1 Å². The van der Waals surface area contributed by atoms with Crippen molar-refractivity contribution in [3.8, 4) is 17.1 Å².